The number of hydroxylamine groups is 2. The van der Waals surface area contributed by atoms with Gasteiger partial charge in [-0.2, -0.15) is 5.06 Å². The van der Waals surface area contributed by atoms with Crippen LogP contribution in [0.3, 0.4) is 0 Å². The largest absolute Gasteiger partial charge is 0.290 e. The van der Waals surface area contributed by atoms with Crippen LogP contribution in [0.2, 0.25) is 0 Å². The summed E-state index contributed by atoms with van der Waals surface area (Å²) >= 11 is 0. The number of hydrogen-bond acceptors (Lipinski definition) is 2. The highest BCUT2D eigenvalue weighted by molar-refractivity contribution is 5.20. The van der Waals surface area contributed by atoms with Crippen LogP contribution in [0.4, 0.5) is 0 Å². The number of nitrogens with zero attached hydrogens (tertiary/aromatic N) is 1. The van der Waals surface area contributed by atoms with Crippen molar-refractivity contribution in [2.45, 2.75) is 52.8 Å². The van der Waals surface area contributed by atoms with E-state index >= 15 is 0 Å². The smallest absolute Gasteiger partial charge is 0.101 e. The third-order valence-electron chi connectivity index (χ3n) is 4.10. The molecule has 2 heteroatoms. The molecule has 0 heterocycles. The topological polar surface area (TPSA) is 12.5 Å². The van der Waals surface area contributed by atoms with Gasteiger partial charge in [-0.15, -0.1) is 0 Å². The highest BCUT2D eigenvalue weighted by Gasteiger charge is 2.28. The SMILES string of the molecule is CC(ON(C(C)C)C(c1ccccc1)C(C)C)c1ccccc1. The zero-order valence-electron chi connectivity index (χ0n) is 14.9. The minimum absolute atomic E-state index is 0.0311. The van der Waals surface area contributed by atoms with Crippen LogP contribution >= 0.6 is 0 Å². The molecule has 0 aliphatic rings. The quantitative estimate of drug-likeness (QED) is 0.600. The Hall–Kier alpha value is -1.64. The summed E-state index contributed by atoms with van der Waals surface area (Å²) in [5.41, 5.74) is 2.50. The van der Waals surface area contributed by atoms with E-state index in [2.05, 4.69) is 94.3 Å². The molecule has 0 radical (unpaired) electrons. The summed E-state index contributed by atoms with van der Waals surface area (Å²) in [5.74, 6) is 0.461. The van der Waals surface area contributed by atoms with Crippen LogP contribution in [0, 0.1) is 5.92 Å². The molecule has 0 saturated carbocycles. The first-order valence-corrected chi connectivity index (χ1v) is 8.55. The Morgan fingerprint density at radius 1 is 0.696 bits per heavy atom. The maximum Gasteiger partial charge on any atom is 0.101 e. The molecule has 124 valence electrons. The summed E-state index contributed by atoms with van der Waals surface area (Å²) in [5, 5.41) is 2.16. The van der Waals surface area contributed by atoms with Gasteiger partial charge in [-0.1, -0.05) is 74.5 Å². The summed E-state index contributed by atoms with van der Waals surface area (Å²) in [6.07, 6.45) is 0.0311. The number of benzene rings is 2. The van der Waals surface area contributed by atoms with Crippen LogP contribution in [0.1, 0.15) is 57.9 Å². The predicted octanol–water partition coefficient (Wildman–Crippen LogP) is 5.79. The first-order valence-electron chi connectivity index (χ1n) is 8.55. The van der Waals surface area contributed by atoms with Crippen LogP contribution in [0.5, 0.6) is 0 Å². The minimum Gasteiger partial charge on any atom is -0.290 e. The Labute approximate surface area is 141 Å². The second-order valence-corrected chi connectivity index (χ2v) is 6.71. The third-order valence-corrected chi connectivity index (χ3v) is 4.10. The predicted molar refractivity (Wildman–Crippen MR) is 96.9 cm³/mol. The van der Waals surface area contributed by atoms with Gasteiger partial charge in [0, 0.05) is 6.04 Å². The van der Waals surface area contributed by atoms with Crippen molar-refractivity contribution in [1.29, 1.82) is 0 Å². The first-order chi connectivity index (χ1) is 11.0. The molecule has 23 heavy (non-hydrogen) atoms. The maximum atomic E-state index is 6.41. The molecule has 0 amide bonds. The zero-order valence-corrected chi connectivity index (χ0v) is 14.9. The molecule has 2 rings (SSSR count). The molecule has 0 bridgehead atoms. The van der Waals surface area contributed by atoms with Crippen LogP contribution in [0.25, 0.3) is 0 Å². The fourth-order valence-corrected chi connectivity index (χ4v) is 2.95. The Bertz CT molecular complexity index is 565. The maximum absolute atomic E-state index is 6.41. The zero-order chi connectivity index (χ0) is 16.8. The molecular formula is C21H29NO. The number of rotatable bonds is 7. The molecule has 0 saturated heterocycles. The molecule has 0 aromatic heterocycles. The van der Waals surface area contributed by atoms with Gasteiger partial charge < -0.3 is 0 Å². The van der Waals surface area contributed by atoms with Gasteiger partial charge in [0.2, 0.25) is 0 Å². The van der Waals surface area contributed by atoms with E-state index in [0.29, 0.717) is 12.0 Å². The lowest BCUT2D eigenvalue weighted by Gasteiger charge is -2.38. The normalized spacial score (nSPS) is 14.4. The lowest BCUT2D eigenvalue weighted by atomic mass is 9.95. The van der Waals surface area contributed by atoms with Crippen molar-refractivity contribution in [1.82, 2.24) is 5.06 Å². The molecule has 2 unspecified atom stereocenters. The van der Waals surface area contributed by atoms with Crippen molar-refractivity contribution >= 4 is 0 Å². The molecule has 0 aliphatic heterocycles. The molecule has 0 spiro atoms. The Morgan fingerprint density at radius 3 is 1.61 bits per heavy atom. The van der Waals surface area contributed by atoms with E-state index in [1.54, 1.807) is 0 Å². The molecule has 2 nitrogen and oxygen atoms in total. The molecule has 2 aromatic rings. The Kier molecular flexibility index (Phi) is 6.37. The summed E-state index contributed by atoms with van der Waals surface area (Å²) in [7, 11) is 0. The van der Waals surface area contributed by atoms with Crippen LogP contribution in [-0.4, -0.2) is 11.1 Å². The summed E-state index contributed by atoms with van der Waals surface area (Å²) in [6, 6.07) is 21.6. The van der Waals surface area contributed by atoms with Gasteiger partial charge in [0.25, 0.3) is 0 Å². The van der Waals surface area contributed by atoms with Crippen molar-refractivity contribution in [3.05, 3.63) is 71.8 Å². The molecule has 0 aliphatic carbocycles. The van der Waals surface area contributed by atoms with Gasteiger partial charge in [0.15, 0.2) is 0 Å². The van der Waals surface area contributed by atoms with Gasteiger partial charge in [0.05, 0.1) is 6.04 Å². The third kappa shape index (κ3) is 4.66. The summed E-state index contributed by atoms with van der Waals surface area (Å²) in [4.78, 5) is 6.41. The molecule has 0 fully saturated rings. The second kappa shape index (κ2) is 8.28. The summed E-state index contributed by atoms with van der Waals surface area (Å²) in [6.45, 7) is 11.0. The minimum atomic E-state index is 0.0311. The van der Waals surface area contributed by atoms with Crippen molar-refractivity contribution in [2.24, 2.45) is 5.92 Å². The van der Waals surface area contributed by atoms with E-state index in [1.165, 1.54) is 11.1 Å². The molecule has 2 atom stereocenters. The average molecular weight is 311 g/mol. The Balaban J connectivity index is 2.25. The van der Waals surface area contributed by atoms with Gasteiger partial charge >= 0.3 is 0 Å². The lowest BCUT2D eigenvalue weighted by Crippen LogP contribution is -2.38. The van der Waals surface area contributed by atoms with Crippen molar-refractivity contribution in [3.63, 3.8) is 0 Å². The lowest BCUT2D eigenvalue weighted by molar-refractivity contribution is -0.247. The molecule has 2 aromatic carbocycles. The van der Waals surface area contributed by atoms with Crippen molar-refractivity contribution in [3.8, 4) is 0 Å². The molecule has 0 N–H and O–H groups in total. The van der Waals surface area contributed by atoms with Crippen molar-refractivity contribution < 1.29 is 4.84 Å². The van der Waals surface area contributed by atoms with E-state index in [4.69, 9.17) is 4.84 Å². The fourth-order valence-electron chi connectivity index (χ4n) is 2.95. The highest BCUT2D eigenvalue weighted by atomic mass is 16.7. The summed E-state index contributed by atoms with van der Waals surface area (Å²) < 4.78 is 0. The standard InChI is InChI=1S/C21H29NO/c1-16(2)21(20-14-10-7-11-15-20)22(17(3)4)23-18(5)19-12-8-6-9-13-19/h6-18,21H,1-5H3. The van der Waals surface area contributed by atoms with E-state index in [-0.39, 0.29) is 12.1 Å². The van der Waals surface area contributed by atoms with Crippen molar-refractivity contribution in [2.75, 3.05) is 0 Å². The first kappa shape index (κ1) is 17.7. The second-order valence-electron chi connectivity index (χ2n) is 6.71. The highest BCUT2D eigenvalue weighted by Crippen LogP contribution is 2.33. The fraction of sp³-hybridized carbons (Fsp3) is 0.429. The van der Waals surface area contributed by atoms with Gasteiger partial charge in [-0.25, -0.2) is 0 Å². The average Bonchev–Trinajstić information content (AvgIpc) is 2.55. The van der Waals surface area contributed by atoms with E-state index < -0.39 is 0 Å². The van der Waals surface area contributed by atoms with E-state index in [9.17, 15) is 0 Å². The molecular weight excluding hydrogens is 282 g/mol. The van der Waals surface area contributed by atoms with Gasteiger partial charge in [-0.05, 0) is 37.8 Å². The van der Waals surface area contributed by atoms with Crippen LogP contribution in [0.15, 0.2) is 60.7 Å². The van der Waals surface area contributed by atoms with Crippen LogP contribution < -0.4 is 0 Å². The van der Waals surface area contributed by atoms with E-state index in [0.717, 1.165) is 0 Å². The van der Waals surface area contributed by atoms with Gasteiger partial charge in [0.1, 0.15) is 6.10 Å². The van der Waals surface area contributed by atoms with Crippen LogP contribution in [-0.2, 0) is 4.84 Å². The van der Waals surface area contributed by atoms with Gasteiger partial charge in [-0.3, -0.25) is 4.84 Å². The Morgan fingerprint density at radius 2 is 1.17 bits per heavy atom. The van der Waals surface area contributed by atoms with E-state index in [1.807, 2.05) is 6.07 Å². The monoisotopic (exact) mass is 311 g/mol. The number of hydrogen-bond donors (Lipinski definition) is 0.